The van der Waals surface area contributed by atoms with Crippen molar-refractivity contribution in [1.82, 2.24) is 4.98 Å². The van der Waals surface area contributed by atoms with Crippen molar-refractivity contribution in [2.75, 3.05) is 0 Å². The minimum absolute atomic E-state index is 0.303. The maximum Gasteiger partial charge on any atom is 0.139 e. The molecule has 0 aliphatic heterocycles. The van der Waals surface area contributed by atoms with E-state index in [0.717, 1.165) is 17.1 Å². The number of thiazole rings is 1. The fraction of sp³-hybridized carbons (Fsp3) is 0.636. The zero-order valence-electron chi connectivity index (χ0n) is 9.04. The third-order valence-electron chi connectivity index (χ3n) is 1.95. The summed E-state index contributed by atoms with van der Waals surface area (Å²) in [5, 5.41) is 3.00. The molecular weight excluding hydrogens is 194 g/mol. The first kappa shape index (κ1) is 11.4. The van der Waals surface area contributed by atoms with E-state index in [2.05, 4.69) is 25.8 Å². The number of ketones is 1. The van der Waals surface area contributed by atoms with Gasteiger partial charge in [0.25, 0.3) is 0 Å². The zero-order chi connectivity index (χ0) is 10.6. The van der Waals surface area contributed by atoms with Gasteiger partial charge in [-0.3, -0.25) is 4.79 Å². The van der Waals surface area contributed by atoms with E-state index in [1.54, 1.807) is 11.3 Å². The van der Waals surface area contributed by atoms with Gasteiger partial charge in [0.2, 0.25) is 0 Å². The summed E-state index contributed by atoms with van der Waals surface area (Å²) in [6.45, 7) is 6.21. The molecule has 0 aromatic carbocycles. The highest BCUT2D eigenvalue weighted by molar-refractivity contribution is 7.09. The van der Waals surface area contributed by atoms with E-state index in [4.69, 9.17) is 0 Å². The second-order valence-corrected chi connectivity index (χ2v) is 4.84. The van der Waals surface area contributed by atoms with Gasteiger partial charge < -0.3 is 0 Å². The van der Waals surface area contributed by atoms with E-state index in [-0.39, 0.29) is 0 Å². The van der Waals surface area contributed by atoms with Crippen molar-refractivity contribution in [3.05, 3.63) is 16.1 Å². The van der Waals surface area contributed by atoms with Gasteiger partial charge in [-0.2, -0.15) is 0 Å². The van der Waals surface area contributed by atoms with Gasteiger partial charge in [-0.1, -0.05) is 20.8 Å². The Balaban J connectivity index is 2.47. The van der Waals surface area contributed by atoms with E-state index < -0.39 is 0 Å². The Morgan fingerprint density at radius 2 is 2.29 bits per heavy atom. The van der Waals surface area contributed by atoms with Crippen LogP contribution in [0.1, 0.15) is 37.9 Å². The second kappa shape index (κ2) is 5.25. The van der Waals surface area contributed by atoms with Crippen LogP contribution in [0, 0.1) is 5.92 Å². The molecule has 1 aromatic rings. The summed E-state index contributed by atoms with van der Waals surface area (Å²) >= 11 is 1.60. The second-order valence-electron chi connectivity index (χ2n) is 3.90. The highest BCUT2D eigenvalue weighted by atomic mass is 32.1. The number of carbonyl (C=O) groups is 1. The van der Waals surface area contributed by atoms with Crippen LogP contribution in [0.5, 0.6) is 0 Å². The highest BCUT2D eigenvalue weighted by Crippen LogP contribution is 2.13. The molecule has 0 aliphatic carbocycles. The van der Waals surface area contributed by atoms with Gasteiger partial charge in [0.05, 0.1) is 12.1 Å². The van der Waals surface area contributed by atoms with Gasteiger partial charge in [0.15, 0.2) is 0 Å². The van der Waals surface area contributed by atoms with Crippen molar-refractivity contribution in [2.45, 2.75) is 40.0 Å². The predicted molar refractivity (Wildman–Crippen MR) is 59.7 cm³/mol. The molecular formula is C11H17NOS. The first-order valence-corrected chi connectivity index (χ1v) is 5.94. The van der Waals surface area contributed by atoms with Crippen LogP contribution in [0.25, 0.3) is 0 Å². The average Bonchev–Trinajstić information content (AvgIpc) is 2.50. The summed E-state index contributed by atoms with van der Waals surface area (Å²) in [5.41, 5.74) is 1.10. The first-order valence-electron chi connectivity index (χ1n) is 5.06. The number of rotatable bonds is 5. The van der Waals surface area contributed by atoms with Gasteiger partial charge >= 0.3 is 0 Å². The third-order valence-corrected chi connectivity index (χ3v) is 2.84. The van der Waals surface area contributed by atoms with E-state index in [9.17, 15) is 4.79 Å². The quantitative estimate of drug-likeness (QED) is 0.749. The SMILES string of the molecule is CCc1csc(CC(=O)CC(C)C)n1. The Morgan fingerprint density at radius 3 is 2.79 bits per heavy atom. The third kappa shape index (κ3) is 3.58. The summed E-state index contributed by atoms with van der Waals surface area (Å²) in [6.07, 6.45) is 2.14. The zero-order valence-corrected chi connectivity index (χ0v) is 9.86. The van der Waals surface area contributed by atoms with Crippen LogP contribution < -0.4 is 0 Å². The van der Waals surface area contributed by atoms with Crippen LogP contribution in [0.15, 0.2) is 5.38 Å². The lowest BCUT2D eigenvalue weighted by Crippen LogP contribution is -2.06. The van der Waals surface area contributed by atoms with Crippen LogP contribution in [0.3, 0.4) is 0 Å². The highest BCUT2D eigenvalue weighted by Gasteiger charge is 2.08. The lowest BCUT2D eigenvalue weighted by molar-refractivity contribution is -0.119. The molecule has 1 aromatic heterocycles. The van der Waals surface area contributed by atoms with Gasteiger partial charge in [0, 0.05) is 11.8 Å². The van der Waals surface area contributed by atoms with Gasteiger partial charge in [-0.05, 0) is 12.3 Å². The Bertz CT molecular complexity index is 304. The number of carbonyl (C=O) groups excluding carboxylic acids is 1. The lowest BCUT2D eigenvalue weighted by Gasteiger charge is -2.01. The smallest absolute Gasteiger partial charge is 0.139 e. The minimum atomic E-state index is 0.303. The Morgan fingerprint density at radius 1 is 1.57 bits per heavy atom. The number of hydrogen-bond acceptors (Lipinski definition) is 3. The number of nitrogens with zero attached hydrogens (tertiary/aromatic N) is 1. The standard InChI is InChI=1S/C11H17NOS/c1-4-9-7-14-11(12-9)6-10(13)5-8(2)3/h7-8H,4-6H2,1-3H3. The van der Waals surface area contributed by atoms with E-state index in [1.165, 1.54) is 0 Å². The summed E-state index contributed by atoms with van der Waals surface area (Å²) in [7, 11) is 0. The van der Waals surface area contributed by atoms with Crippen LogP contribution >= 0.6 is 11.3 Å². The fourth-order valence-corrected chi connectivity index (χ4v) is 2.19. The van der Waals surface area contributed by atoms with E-state index in [0.29, 0.717) is 24.5 Å². The maximum absolute atomic E-state index is 11.5. The lowest BCUT2D eigenvalue weighted by atomic mass is 10.1. The molecule has 0 fully saturated rings. The number of aryl methyl sites for hydroxylation is 1. The van der Waals surface area contributed by atoms with E-state index >= 15 is 0 Å². The summed E-state index contributed by atoms with van der Waals surface area (Å²) in [6, 6.07) is 0. The van der Waals surface area contributed by atoms with Crippen molar-refractivity contribution in [1.29, 1.82) is 0 Å². The van der Waals surface area contributed by atoms with Crippen LogP contribution in [0.4, 0.5) is 0 Å². The number of aromatic nitrogens is 1. The average molecular weight is 211 g/mol. The molecule has 0 saturated heterocycles. The van der Waals surface area contributed by atoms with Crippen molar-refractivity contribution in [2.24, 2.45) is 5.92 Å². The molecule has 0 aliphatic rings. The van der Waals surface area contributed by atoms with E-state index in [1.807, 2.05) is 5.38 Å². The largest absolute Gasteiger partial charge is 0.299 e. The van der Waals surface area contributed by atoms with Crippen LogP contribution in [-0.2, 0) is 17.6 Å². The minimum Gasteiger partial charge on any atom is -0.299 e. The predicted octanol–water partition coefficient (Wildman–Crippen LogP) is 2.86. The summed E-state index contributed by atoms with van der Waals surface area (Å²) < 4.78 is 0. The molecule has 1 heterocycles. The first-order chi connectivity index (χ1) is 6.61. The van der Waals surface area contributed by atoms with Crippen molar-refractivity contribution in [3.63, 3.8) is 0 Å². The van der Waals surface area contributed by atoms with Crippen LogP contribution in [-0.4, -0.2) is 10.8 Å². The Kier molecular flexibility index (Phi) is 4.26. The van der Waals surface area contributed by atoms with Gasteiger partial charge in [-0.15, -0.1) is 11.3 Å². The topological polar surface area (TPSA) is 30.0 Å². The molecule has 0 unspecified atom stereocenters. The normalized spacial score (nSPS) is 10.9. The summed E-state index contributed by atoms with van der Waals surface area (Å²) in [4.78, 5) is 15.9. The molecule has 78 valence electrons. The molecule has 0 amide bonds. The van der Waals surface area contributed by atoms with Crippen molar-refractivity contribution in [3.8, 4) is 0 Å². The van der Waals surface area contributed by atoms with Gasteiger partial charge in [0.1, 0.15) is 10.8 Å². The van der Waals surface area contributed by atoms with Crippen molar-refractivity contribution < 1.29 is 4.79 Å². The molecule has 0 N–H and O–H groups in total. The molecule has 0 spiro atoms. The molecule has 1 rings (SSSR count). The molecule has 0 bridgehead atoms. The Labute approximate surface area is 89.4 Å². The number of Topliss-reactive ketones (excluding diaryl/α,β-unsaturated/α-hetero) is 1. The van der Waals surface area contributed by atoms with Crippen molar-refractivity contribution >= 4 is 17.1 Å². The summed E-state index contributed by atoms with van der Waals surface area (Å²) in [5.74, 6) is 0.755. The molecule has 14 heavy (non-hydrogen) atoms. The molecule has 0 atom stereocenters. The fourth-order valence-electron chi connectivity index (χ4n) is 1.29. The van der Waals surface area contributed by atoms with Crippen LogP contribution in [0.2, 0.25) is 0 Å². The number of hydrogen-bond donors (Lipinski definition) is 0. The molecule has 0 saturated carbocycles. The molecule has 3 heteroatoms. The van der Waals surface area contributed by atoms with Gasteiger partial charge in [-0.25, -0.2) is 4.98 Å². The maximum atomic E-state index is 11.5. The molecule has 2 nitrogen and oxygen atoms in total. The Hall–Kier alpha value is -0.700. The molecule has 0 radical (unpaired) electrons. The monoisotopic (exact) mass is 211 g/mol.